The number of benzene rings is 1. The maximum atomic E-state index is 11.7. The molecule has 1 fully saturated rings. The Bertz CT molecular complexity index is 361. The van der Waals surface area contributed by atoms with Gasteiger partial charge >= 0.3 is 0 Å². The Hall–Kier alpha value is -1.68. The first kappa shape index (κ1) is 8.90. The summed E-state index contributed by atoms with van der Waals surface area (Å²) in [5, 5.41) is 0. The highest BCUT2D eigenvalue weighted by molar-refractivity contribution is 6.05. The van der Waals surface area contributed by atoms with Crippen LogP contribution in [0.25, 0.3) is 0 Å². The van der Waals surface area contributed by atoms with Crippen molar-refractivity contribution < 1.29 is 14.3 Å². The van der Waals surface area contributed by atoms with Crippen molar-refractivity contribution in [3.05, 3.63) is 35.9 Å². The Morgan fingerprint density at radius 1 is 1.29 bits per heavy atom. The molecule has 72 valence electrons. The second-order valence-electron chi connectivity index (χ2n) is 2.97. The van der Waals surface area contributed by atoms with Gasteiger partial charge in [0.2, 0.25) is 0 Å². The molecule has 0 bridgehead atoms. The van der Waals surface area contributed by atoms with Crippen LogP contribution in [-0.4, -0.2) is 30.1 Å². The molecule has 1 aromatic carbocycles. The second-order valence-corrected chi connectivity index (χ2v) is 2.97. The largest absolute Gasteiger partial charge is 0.351 e. The predicted octanol–water partition coefficient (Wildman–Crippen LogP) is 0.643. The van der Waals surface area contributed by atoms with Crippen molar-refractivity contribution >= 4 is 11.8 Å². The average Bonchev–Trinajstić information content (AvgIpc) is 2.65. The van der Waals surface area contributed by atoms with E-state index < -0.39 is 0 Å². The van der Waals surface area contributed by atoms with Gasteiger partial charge in [0, 0.05) is 5.56 Å². The van der Waals surface area contributed by atoms with Crippen LogP contribution in [0.1, 0.15) is 10.4 Å². The minimum Gasteiger partial charge on any atom is -0.351 e. The highest BCUT2D eigenvalue weighted by atomic mass is 16.5. The third-order valence-corrected chi connectivity index (χ3v) is 2.01. The third kappa shape index (κ3) is 1.52. The third-order valence-electron chi connectivity index (χ3n) is 2.01. The number of hydrogen-bond acceptors (Lipinski definition) is 3. The van der Waals surface area contributed by atoms with E-state index in [2.05, 4.69) is 0 Å². The highest BCUT2D eigenvalue weighted by Crippen LogP contribution is 2.08. The number of ether oxygens (including phenoxy) is 1. The van der Waals surface area contributed by atoms with Crippen molar-refractivity contribution in [1.82, 2.24) is 4.90 Å². The smallest absolute Gasteiger partial charge is 0.262 e. The minimum atomic E-state index is -0.298. The summed E-state index contributed by atoms with van der Waals surface area (Å²) in [7, 11) is 0. The zero-order chi connectivity index (χ0) is 9.97. The number of amides is 2. The quantitative estimate of drug-likeness (QED) is 0.612. The molecule has 1 saturated heterocycles. The number of carbonyl (C=O) groups excluding carboxylic acids is 2. The molecule has 0 atom stereocenters. The van der Waals surface area contributed by atoms with E-state index in [1.807, 2.05) is 6.07 Å². The van der Waals surface area contributed by atoms with E-state index in [4.69, 9.17) is 4.74 Å². The molecule has 0 spiro atoms. The molecule has 1 aliphatic heterocycles. The normalized spacial score (nSPS) is 16.0. The lowest BCUT2D eigenvalue weighted by atomic mass is 10.2. The zero-order valence-corrected chi connectivity index (χ0v) is 7.47. The number of rotatable bonds is 1. The summed E-state index contributed by atoms with van der Waals surface area (Å²) >= 11 is 0. The number of nitrogens with zero attached hydrogens (tertiary/aromatic N) is 1. The summed E-state index contributed by atoms with van der Waals surface area (Å²) in [6, 6.07) is 8.68. The van der Waals surface area contributed by atoms with Crippen molar-refractivity contribution in [2.75, 3.05) is 13.3 Å². The Morgan fingerprint density at radius 3 is 2.57 bits per heavy atom. The summed E-state index contributed by atoms with van der Waals surface area (Å²) in [4.78, 5) is 24.0. The first-order valence-electron chi connectivity index (χ1n) is 4.26. The van der Waals surface area contributed by atoms with Gasteiger partial charge in [-0.25, -0.2) is 0 Å². The van der Waals surface area contributed by atoms with Crippen LogP contribution in [0.2, 0.25) is 0 Å². The van der Waals surface area contributed by atoms with Crippen LogP contribution in [0.5, 0.6) is 0 Å². The molecule has 1 aliphatic rings. The van der Waals surface area contributed by atoms with Crippen molar-refractivity contribution in [3.63, 3.8) is 0 Å². The van der Waals surface area contributed by atoms with E-state index in [1.54, 1.807) is 24.3 Å². The van der Waals surface area contributed by atoms with Gasteiger partial charge in [-0.3, -0.25) is 14.5 Å². The van der Waals surface area contributed by atoms with E-state index >= 15 is 0 Å². The van der Waals surface area contributed by atoms with E-state index in [0.717, 1.165) is 4.90 Å². The van der Waals surface area contributed by atoms with Gasteiger partial charge < -0.3 is 4.74 Å². The van der Waals surface area contributed by atoms with Gasteiger partial charge in [0.1, 0.15) is 13.3 Å². The van der Waals surface area contributed by atoms with Crippen LogP contribution >= 0.6 is 0 Å². The Labute approximate surface area is 81.1 Å². The lowest BCUT2D eigenvalue weighted by Crippen LogP contribution is -2.32. The van der Waals surface area contributed by atoms with Gasteiger partial charge in [-0.15, -0.1) is 0 Å². The van der Waals surface area contributed by atoms with E-state index in [1.165, 1.54) is 0 Å². The molecule has 0 aliphatic carbocycles. The van der Waals surface area contributed by atoms with E-state index in [9.17, 15) is 9.59 Å². The summed E-state index contributed by atoms with van der Waals surface area (Å²) < 4.78 is 4.87. The molecular weight excluding hydrogens is 182 g/mol. The van der Waals surface area contributed by atoms with Gasteiger partial charge in [-0.05, 0) is 12.1 Å². The molecule has 0 N–H and O–H groups in total. The first-order valence-corrected chi connectivity index (χ1v) is 4.26. The van der Waals surface area contributed by atoms with Crippen LogP contribution < -0.4 is 0 Å². The first-order chi connectivity index (χ1) is 6.79. The summed E-state index contributed by atoms with van der Waals surface area (Å²) in [5.74, 6) is -0.577. The van der Waals surface area contributed by atoms with E-state index in [-0.39, 0.29) is 25.2 Å². The Balaban J connectivity index is 2.20. The van der Waals surface area contributed by atoms with Gasteiger partial charge in [0.15, 0.2) is 0 Å². The number of imide groups is 1. The fourth-order valence-electron chi connectivity index (χ4n) is 1.28. The van der Waals surface area contributed by atoms with Crippen LogP contribution in [0.4, 0.5) is 0 Å². The fourth-order valence-corrected chi connectivity index (χ4v) is 1.28. The molecule has 1 heterocycles. The number of carbonyl (C=O) groups is 2. The van der Waals surface area contributed by atoms with Crippen LogP contribution in [0.15, 0.2) is 30.3 Å². The molecule has 0 unspecified atom stereocenters. The summed E-state index contributed by atoms with van der Waals surface area (Å²) in [5.41, 5.74) is 0.506. The van der Waals surface area contributed by atoms with Gasteiger partial charge in [-0.2, -0.15) is 0 Å². The molecular formula is C10H9NO3. The maximum Gasteiger partial charge on any atom is 0.262 e. The average molecular weight is 191 g/mol. The van der Waals surface area contributed by atoms with Gasteiger partial charge in [0.25, 0.3) is 11.8 Å². The molecule has 2 amide bonds. The van der Waals surface area contributed by atoms with Crippen molar-refractivity contribution in [3.8, 4) is 0 Å². The molecule has 0 saturated carbocycles. The van der Waals surface area contributed by atoms with Crippen LogP contribution in [0, 0.1) is 0 Å². The molecule has 4 nitrogen and oxygen atoms in total. The lowest BCUT2D eigenvalue weighted by Gasteiger charge is -2.10. The Kier molecular flexibility index (Phi) is 2.28. The summed E-state index contributed by atoms with van der Waals surface area (Å²) in [6.45, 7) is 0.0606. The van der Waals surface area contributed by atoms with Crippen molar-refractivity contribution in [2.45, 2.75) is 0 Å². The standard InChI is InChI=1S/C10H9NO3/c12-9-6-14-7-11(9)10(13)8-4-2-1-3-5-8/h1-5H,6-7H2. The SMILES string of the molecule is O=C1COCN1C(=O)c1ccccc1. The number of hydrogen-bond donors (Lipinski definition) is 0. The zero-order valence-electron chi connectivity index (χ0n) is 7.47. The molecule has 14 heavy (non-hydrogen) atoms. The van der Waals surface area contributed by atoms with Gasteiger partial charge in [0.05, 0.1) is 0 Å². The summed E-state index contributed by atoms with van der Waals surface area (Å²) in [6.07, 6.45) is 0. The maximum absolute atomic E-state index is 11.7. The lowest BCUT2D eigenvalue weighted by molar-refractivity contribution is -0.124. The topological polar surface area (TPSA) is 46.6 Å². The second kappa shape index (κ2) is 3.59. The molecule has 0 aromatic heterocycles. The van der Waals surface area contributed by atoms with Crippen LogP contribution in [-0.2, 0) is 9.53 Å². The fraction of sp³-hybridized carbons (Fsp3) is 0.200. The van der Waals surface area contributed by atoms with Gasteiger partial charge in [-0.1, -0.05) is 18.2 Å². The van der Waals surface area contributed by atoms with E-state index in [0.29, 0.717) is 5.56 Å². The molecule has 1 aromatic rings. The minimum absolute atomic E-state index is 0.00142. The Morgan fingerprint density at radius 2 is 2.00 bits per heavy atom. The predicted molar refractivity (Wildman–Crippen MR) is 48.4 cm³/mol. The highest BCUT2D eigenvalue weighted by Gasteiger charge is 2.27. The molecule has 2 rings (SSSR count). The molecule has 0 radical (unpaired) electrons. The van der Waals surface area contributed by atoms with Crippen molar-refractivity contribution in [1.29, 1.82) is 0 Å². The van der Waals surface area contributed by atoms with Crippen LogP contribution in [0.3, 0.4) is 0 Å². The molecule has 4 heteroatoms. The van der Waals surface area contributed by atoms with Crippen molar-refractivity contribution in [2.24, 2.45) is 0 Å². The monoisotopic (exact) mass is 191 g/mol.